The molecule has 1 N–H and O–H groups in total. The largest absolute Gasteiger partial charge is 0.496 e. The summed E-state index contributed by atoms with van der Waals surface area (Å²) in [6.07, 6.45) is 0.827. The normalized spacial score (nSPS) is 14.3. The first-order chi connectivity index (χ1) is 13.9. The Morgan fingerprint density at radius 3 is 2.55 bits per heavy atom. The zero-order valence-corrected chi connectivity index (χ0v) is 15.8. The van der Waals surface area contributed by atoms with Crippen LogP contribution in [0.4, 0.5) is 15.8 Å². The fourth-order valence-electron chi connectivity index (χ4n) is 3.28. The van der Waals surface area contributed by atoms with Crippen molar-refractivity contribution >= 4 is 23.2 Å². The van der Waals surface area contributed by atoms with Gasteiger partial charge in [-0.15, -0.1) is 0 Å². The van der Waals surface area contributed by atoms with E-state index in [0.29, 0.717) is 31.7 Å². The van der Waals surface area contributed by atoms with Crippen LogP contribution in [0, 0.1) is 21.8 Å². The molecule has 0 unspecified atom stereocenters. The van der Waals surface area contributed by atoms with Gasteiger partial charge in [0.15, 0.2) is 0 Å². The molecule has 1 saturated heterocycles. The van der Waals surface area contributed by atoms with E-state index in [1.165, 1.54) is 43.5 Å². The summed E-state index contributed by atoms with van der Waals surface area (Å²) in [4.78, 5) is 37.3. The Morgan fingerprint density at radius 2 is 1.93 bits per heavy atom. The molecule has 0 aliphatic carbocycles. The van der Waals surface area contributed by atoms with Crippen LogP contribution in [0.15, 0.2) is 42.5 Å². The molecule has 1 fully saturated rings. The van der Waals surface area contributed by atoms with Crippen LogP contribution < -0.4 is 10.1 Å². The predicted octanol–water partition coefficient (Wildman–Crippen LogP) is 3.23. The van der Waals surface area contributed by atoms with Gasteiger partial charge in [0.25, 0.3) is 11.6 Å². The lowest BCUT2D eigenvalue weighted by Gasteiger charge is -2.31. The van der Waals surface area contributed by atoms with Gasteiger partial charge in [-0.1, -0.05) is 6.07 Å². The number of nitrogens with one attached hydrogen (secondary N) is 1. The van der Waals surface area contributed by atoms with Gasteiger partial charge >= 0.3 is 0 Å². The van der Waals surface area contributed by atoms with Crippen LogP contribution >= 0.6 is 0 Å². The minimum Gasteiger partial charge on any atom is -0.496 e. The number of amides is 2. The van der Waals surface area contributed by atoms with E-state index in [2.05, 4.69) is 5.32 Å². The third-order valence-corrected chi connectivity index (χ3v) is 4.88. The average Bonchev–Trinajstić information content (AvgIpc) is 2.73. The van der Waals surface area contributed by atoms with E-state index in [1.807, 2.05) is 0 Å². The number of ether oxygens (including phenoxy) is 1. The van der Waals surface area contributed by atoms with Crippen LogP contribution in [0.2, 0.25) is 0 Å². The van der Waals surface area contributed by atoms with Gasteiger partial charge in [0.1, 0.15) is 17.3 Å². The molecule has 0 spiro atoms. The number of likely N-dealkylation sites (tertiary alicyclic amines) is 1. The van der Waals surface area contributed by atoms with Crippen LogP contribution in [-0.4, -0.2) is 41.8 Å². The van der Waals surface area contributed by atoms with Crippen molar-refractivity contribution in [2.75, 3.05) is 25.5 Å². The number of rotatable bonds is 5. The van der Waals surface area contributed by atoms with Gasteiger partial charge in [0.2, 0.25) is 5.91 Å². The van der Waals surface area contributed by atoms with Gasteiger partial charge in [0, 0.05) is 24.6 Å². The van der Waals surface area contributed by atoms with Crippen LogP contribution in [0.1, 0.15) is 23.2 Å². The molecule has 152 valence electrons. The van der Waals surface area contributed by atoms with Crippen LogP contribution in [-0.2, 0) is 4.79 Å². The number of methoxy groups -OCH3 is 1. The molecule has 0 aromatic heterocycles. The summed E-state index contributed by atoms with van der Waals surface area (Å²) in [6, 6.07) is 9.68. The van der Waals surface area contributed by atoms with Crippen molar-refractivity contribution < 1.29 is 23.6 Å². The number of halogens is 1. The van der Waals surface area contributed by atoms with Gasteiger partial charge in [0.05, 0.1) is 18.1 Å². The first-order valence-corrected chi connectivity index (χ1v) is 9.07. The van der Waals surface area contributed by atoms with E-state index >= 15 is 0 Å². The molecule has 3 rings (SSSR count). The lowest BCUT2D eigenvalue weighted by molar-refractivity contribution is -0.384. The summed E-state index contributed by atoms with van der Waals surface area (Å²) in [5.74, 6) is -1.16. The van der Waals surface area contributed by atoms with E-state index in [-0.39, 0.29) is 34.7 Å². The fraction of sp³-hybridized carbons (Fsp3) is 0.300. The van der Waals surface area contributed by atoms with Crippen molar-refractivity contribution in [1.82, 2.24) is 4.90 Å². The predicted molar refractivity (Wildman–Crippen MR) is 103 cm³/mol. The molecule has 0 atom stereocenters. The molecule has 1 aliphatic heterocycles. The minimum absolute atomic E-state index is 0.0964. The number of nitro benzene ring substituents is 1. The molecule has 9 heteroatoms. The zero-order valence-electron chi connectivity index (χ0n) is 15.8. The molecule has 2 amide bonds. The van der Waals surface area contributed by atoms with Crippen LogP contribution in [0.25, 0.3) is 0 Å². The maximum Gasteiger partial charge on any atom is 0.296 e. The summed E-state index contributed by atoms with van der Waals surface area (Å²) in [6.45, 7) is 0.691. The summed E-state index contributed by atoms with van der Waals surface area (Å²) >= 11 is 0. The quantitative estimate of drug-likeness (QED) is 0.612. The number of benzene rings is 2. The summed E-state index contributed by atoms with van der Waals surface area (Å²) < 4.78 is 18.3. The Bertz CT molecular complexity index is 941. The second-order valence-electron chi connectivity index (χ2n) is 6.71. The lowest BCUT2D eigenvalue weighted by Crippen LogP contribution is -2.41. The van der Waals surface area contributed by atoms with E-state index in [4.69, 9.17) is 4.74 Å². The van der Waals surface area contributed by atoms with E-state index < -0.39 is 10.7 Å². The smallest absolute Gasteiger partial charge is 0.296 e. The highest BCUT2D eigenvalue weighted by atomic mass is 19.1. The zero-order chi connectivity index (χ0) is 21.0. The molecule has 0 bridgehead atoms. The van der Waals surface area contributed by atoms with Crippen molar-refractivity contribution in [2.24, 2.45) is 5.92 Å². The highest BCUT2D eigenvalue weighted by Gasteiger charge is 2.29. The molecule has 0 radical (unpaired) electrons. The molecular formula is C20H20FN3O5. The Labute approximate surface area is 166 Å². The number of piperidine rings is 1. The number of anilines is 1. The van der Waals surface area contributed by atoms with E-state index in [1.54, 1.807) is 11.0 Å². The summed E-state index contributed by atoms with van der Waals surface area (Å²) in [5.41, 5.74) is 0.109. The molecule has 2 aromatic carbocycles. The van der Waals surface area contributed by atoms with Crippen molar-refractivity contribution in [3.05, 3.63) is 64.0 Å². The molecular weight excluding hydrogens is 381 g/mol. The molecule has 1 aliphatic rings. The first kappa shape index (κ1) is 20.2. The maximum atomic E-state index is 13.3. The highest BCUT2D eigenvalue weighted by molar-refractivity contribution is 5.96. The summed E-state index contributed by atoms with van der Waals surface area (Å²) in [5, 5.41) is 13.9. The molecule has 1 heterocycles. The number of nitro groups is 1. The van der Waals surface area contributed by atoms with E-state index in [9.17, 15) is 24.1 Å². The average molecular weight is 401 g/mol. The van der Waals surface area contributed by atoms with Crippen molar-refractivity contribution in [2.45, 2.75) is 12.8 Å². The number of carbonyl (C=O) groups excluding carboxylic acids is 2. The van der Waals surface area contributed by atoms with Gasteiger partial charge in [-0.2, -0.15) is 0 Å². The molecule has 8 nitrogen and oxygen atoms in total. The Balaban J connectivity index is 1.62. The van der Waals surface area contributed by atoms with Gasteiger partial charge in [-0.05, 0) is 43.2 Å². The topological polar surface area (TPSA) is 102 Å². The third-order valence-electron chi connectivity index (χ3n) is 4.88. The monoisotopic (exact) mass is 401 g/mol. The van der Waals surface area contributed by atoms with Crippen LogP contribution in [0.3, 0.4) is 0 Å². The Hall–Kier alpha value is -3.49. The van der Waals surface area contributed by atoms with Crippen molar-refractivity contribution in [3.8, 4) is 5.75 Å². The number of hydrogen-bond acceptors (Lipinski definition) is 5. The standard InChI is InChI=1S/C20H20FN3O5/c1-29-16-5-6-17(18(12-16)24(27)28)22-19(25)13-7-9-23(10-8-13)20(26)14-3-2-4-15(21)11-14/h2-6,11-13H,7-10H2,1H3,(H,22,25). The van der Waals surface area contributed by atoms with E-state index in [0.717, 1.165) is 0 Å². The summed E-state index contributed by atoms with van der Waals surface area (Å²) in [7, 11) is 1.40. The first-order valence-electron chi connectivity index (χ1n) is 9.07. The second-order valence-corrected chi connectivity index (χ2v) is 6.71. The minimum atomic E-state index is -0.585. The van der Waals surface area contributed by atoms with Crippen molar-refractivity contribution in [3.63, 3.8) is 0 Å². The molecule has 0 saturated carbocycles. The Kier molecular flexibility index (Phi) is 6.06. The highest BCUT2D eigenvalue weighted by Crippen LogP contribution is 2.30. The Morgan fingerprint density at radius 1 is 1.21 bits per heavy atom. The van der Waals surface area contributed by atoms with Crippen molar-refractivity contribution in [1.29, 1.82) is 0 Å². The number of hydrogen-bond donors (Lipinski definition) is 1. The second kappa shape index (κ2) is 8.68. The maximum absolute atomic E-state index is 13.3. The SMILES string of the molecule is COc1ccc(NC(=O)C2CCN(C(=O)c3cccc(F)c3)CC2)c([N+](=O)[O-])c1. The van der Waals surface area contributed by atoms with Gasteiger partial charge in [-0.25, -0.2) is 4.39 Å². The van der Waals surface area contributed by atoms with Crippen LogP contribution in [0.5, 0.6) is 5.75 Å². The number of carbonyl (C=O) groups is 2. The number of nitrogens with zero attached hydrogens (tertiary/aromatic N) is 2. The third kappa shape index (κ3) is 4.68. The lowest BCUT2D eigenvalue weighted by atomic mass is 9.95. The van der Waals surface area contributed by atoms with Gasteiger partial charge in [-0.3, -0.25) is 19.7 Å². The van der Waals surface area contributed by atoms with Gasteiger partial charge < -0.3 is 15.0 Å². The fourth-order valence-corrected chi connectivity index (χ4v) is 3.28. The molecule has 2 aromatic rings. The molecule has 29 heavy (non-hydrogen) atoms.